The normalized spacial score (nSPS) is 23.2. The van der Waals surface area contributed by atoms with Crippen LogP contribution in [0, 0.1) is 0 Å². The first-order valence-corrected chi connectivity index (χ1v) is 16.2. The monoisotopic (exact) mass is 643 g/mol. The van der Waals surface area contributed by atoms with Crippen molar-refractivity contribution in [3.8, 4) is 0 Å². The van der Waals surface area contributed by atoms with Crippen molar-refractivity contribution >= 4 is 25.8 Å². The number of aromatic amines is 1. The minimum atomic E-state index is -4.73. The molecule has 1 saturated heterocycles. The molecule has 1 aromatic rings. The van der Waals surface area contributed by atoms with Crippen molar-refractivity contribution in [3.05, 3.63) is 50.8 Å². The Kier molecular flexibility index (Phi) is 14.7. The number of allylic oxidation sites excluding steroid dienone is 2. The molecular weight excluding hydrogens is 601 g/mol. The molecule has 4 N–H and O–H groups in total. The second-order valence-corrected chi connectivity index (χ2v) is 11.7. The predicted molar refractivity (Wildman–Crippen MR) is 157 cm³/mol. The van der Waals surface area contributed by atoms with Gasteiger partial charge in [0, 0.05) is 45.7 Å². The number of H-pyrrole nitrogens is 1. The van der Waals surface area contributed by atoms with Crippen molar-refractivity contribution in [2.24, 2.45) is 0 Å². The Labute approximate surface area is 254 Å². The molecule has 4 atom stereocenters. The van der Waals surface area contributed by atoms with Crippen molar-refractivity contribution in [1.82, 2.24) is 14.9 Å². The Morgan fingerprint density at radius 1 is 1.18 bits per heavy atom. The smallest absolute Gasteiger partial charge is 0.462 e. The number of hydrogen-bond acceptors (Lipinski definition) is 10. The molecule has 246 valence electrons. The Balaban J connectivity index is 1.36. The zero-order valence-corrected chi connectivity index (χ0v) is 25.7. The van der Waals surface area contributed by atoms with Crippen LogP contribution < -0.4 is 16.6 Å². The Bertz CT molecular complexity index is 1300. The maximum Gasteiger partial charge on any atom is 0.469 e. The van der Waals surface area contributed by atoms with Crippen LogP contribution in [-0.2, 0) is 37.6 Å². The number of carbonyl (C=O) groups is 2. The van der Waals surface area contributed by atoms with E-state index in [0.29, 0.717) is 13.0 Å². The minimum Gasteiger partial charge on any atom is -0.462 e. The topological polar surface area (TPSA) is 205 Å². The molecule has 0 radical (unpaired) electrons. The number of rotatable bonds is 16. The summed E-state index contributed by atoms with van der Waals surface area (Å²) in [5.41, 5.74) is -1.25. The molecule has 1 aliphatic heterocycles. The van der Waals surface area contributed by atoms with Crippen LogP contribution in [0.1, 0.15) is 69.6 Å². The lowest BCUT2D eigenvalue weighted by Gasteiger charge is -2.18. The largest absolute Gasteiger partial charge is 0.469 e. The summed E-state index contributed by atoms with van der Waals surface area (Å²) in [4.78, 5) is 69.0. The first-order chi connectivity index (χ1) is 21.1. The fourth-order valence-electron chi connectivity index (χ4n) is 4.79. The van der Waals surface area contributed by atoms with E-state index in [1.165, 1.54) is 19.4 Å². The number of amides is 1. The van der Waals surface area contributed by atoms with Gasteiger partial charge in [-0.05, 0) is 38.5 Å². The zero-order valence-electron chi connectivity index (χ0n) is 24.8. The van der Waals surface area contributed by atoms with E-state index in [-0.39, 0.29) is 56.0 Å². The number of phosphoric acid groups is 1. The number of phosphoric ester groups is 1. The van der Waals surface area contributed by atoms with Crippen LogP contribution in [-0.4, -0.2) is 83.0 Å². The molecule has 2 aliphatic rings. The van der Waals surface area contributed by atoms with Crippen LogP contribution >= 0.6 is 7.82 Å². The number of esters is 1. The highest BCUT2D eigenvalue weighted by molar-refractivity contribution is 7.46. The molecule has 16 heteroatoms. The molecule has 1 fully saturated rings. The van der Waals surface area contributed by atoms with Gasteiger partial charge < -0.3 is 34.1 Å². The molecule has 1 amide bonds. The summed E-state index contributed by atoms with van der Waals surface area (Å²) in [6.45, 7) is 0.186. The molecule has 1 aliphatic carbocycles. The Hall–Kier alpha value is -2.91. The first kappa shape index (κ1) is 35.6. The van der Waals surface area contributed by atoms with Gasteiger partial charge in [0.25, 0.3) is 5.56 Å². The molecule has 44 heavy (non-hydrogen) atoms. The number of nitrogens with zero attached hydrogens (tertiary/aromatic N) is 1. The lowest BCUT2D eigenvalue weighted by molar-refractivity contribution is -0.150. The number of carbonyl (C=O) groups excluding carboxylic acids is 2. The molecule has 1 aromatic heterocycles. The van der Waals surface area contributed by atoms with E-state index in [1.54, 1.807) is 6.08 Å². The fourth-order valence-corrected chi connectivity index (χ4v) is 5.14. The van der Waals surface area contributed by atoms with Gasteiger partial charge in [-0.25, -0.2) is 9.36 Å². The summed E-state index contributed by atoms with van der Waals surface area (Å²) in [6, 6.07) is 0. The zero-order chi connectivity index (χ0) is 32.0. The molecule has 0 aromatic carbocycles. The van der Waals surface area contributed by atoms with Gasteiger partial charge in [0.2, 0.25) is 5.91 Å². The van der Waals surface area contributed by atoms with Gasteiger partial charge in [0.15, 0.2) is 0 Å². The van der Waals surface area contributed by atoms with E-state index >= 15 is 0 Å². The number of methoxy groups -OCH3 is 1. The third-order valence-electron chi connectivity index (χ3n) is 7.07. The van der Waals surface area contributed by atoms with Gasteiger partial charge >= 0.3 is 19.5 Å². The average molecular weight is 644 g/mol. The highest BCUT2D eigenvalue weighted by Crippen LogP contribution is 2.38. The molecule has 0 bridgehead atoms. The maximum absolute atomic E-state index is 12.4. The van der Waals surface area contributed by atoms with Gasteiger partial charge in [-0.15, -0.1) is 0 Å². The van der Waals surface area contributed by atoms with Gasteiger partial charge in [-0.3, -0.25) is 28.5 Å². The van der Waals surface area contributed by atoms with E-state index < -0.39 is 44.1 Å². The summed E-state index contributed by atoms with van der Waals surface area (Å²) in [6.07, 6.45) is 11.9. The fraction of sp³-hybridized carbons (Fsp3) is 0.643. The van der Waals surface area contributed by atoms with E-state index in [0.717, 1.165) is 36.7 Å². The van der Waals surface area contributed by atoms with Gasteiger partial charge in [0.05, 0.1) is 24.9 Å². The van der Waals surface area contributed by atoms with Crippen LogP contribution in [0.15, 0.2) is 34.0 Å². The maximum atomic E-state index is 12.4. The van der Waals surface area contributed by atoms with Gasteiger partial charge in [-0.1, -0.05) is 24.3 Å². The van der Waals surface area contributed by atoms with Crippen molar-refractivity contribution < 1.29 is 47.4 Å². The average Bonchev–Trinajstić information content (AvgIpc) is 3.37. The van der Waals surface area contributed by atoms with Crippen LogP contribution in [0.5, 0.6) is 0 Å². The van der Waals surface area contributed by atoms with Crippen molar-refractivity contribution in [2.45, 2.75) is 82.3 Å². The number of aromatic nitrogens is 2. The quantitative estimate of drug-likeness (QED) is 0.0880. The summed E-state index contributed by atoms with van der Waals surface area (Å²) in [5.74, 6) is -0.492. The highest BCUT2D eigenvalue weighted by Gasteiger charge is 2.38. The van der Waals surface area contributed by atoms with E-state index in [9.17, 15) is 23.7 Å². The molecule has 4 unspecified atom stereocenters. The predicted octanol–water partition coefficient (Wildman–Crippen LogP) is 1.70. The van der Waals surface area contributed by atoms with Gasteiger partial charge in [0.1, 0.15) is 18.4 Å². The number of hydrogen-bond donors (Lipinski definition) is 4. The molecule has 15 nitrogen and oxygen atoms in total. The van der Waals surface area contributed by atoms with E-state index in [2.05, 4.69) is 27.0 Å². The number of nitrogens with one attached hydrogen (secondary N) is 2. The van der Waals surface area contributed by atoms with Gasteiger partial charge in [-0.2, -0.15) is 0 Å². The minimum absolute atomic E-state index is 0.0283. The van der Waals surface area contributed by atoms with Crippen molar-refractivity contribution in [3.63, 3.8) is 0 Å². The summed E-state index contributed by atoms with van der Waals surface area (Å²) in [7, 11) is -3.34. The lowest BCUT2D eigenvalue weighted by atomic mass is 10.0. The Morgan fingerprint density at radius 3 is 2.75 bits per heavy atom. The highest BCUT2D eigenvalue weighted by atomic mass is 31.2. The van der Waals surface area contributed by atoms with Crippen LogP contribution in [0.4, 0.5) is 0 Å². The molecule has 3 rings (SSSR count). The molecule has 2 heterocycles. The third kappa shape index (κ3) is 12.6. The van der Waals surface area contributed by atoms with E-state index in [1.807, 2.05) is 0 Å². The van der Waals surface area contributed by atoms with E-state index in [4.69, 9.17) is 28.7 Å². The summed E-state index contributed by atoms with van der Waals surface area (Å²) in [5, 5.41) is 2.68. The summed E-state index contributed by atoms with van der Waals surface area (Å²) < 4.78 is 38.7. The SMILES string of the molecule is COC1CC(n2cc(/C=C/CNC(=O)CCOCCCC(=O)OC3CC/C=C/CCC3)c(=O)[nH]c2=O)OC1COP(=O)(O)O. The van der Waals surface area contributed by atoms with Crippen molar-refractivity contribution in [1.29, 1.82) is 0 Å². The second-order valence-electron chi connectivity index (χ2n) is 10.4. The molecule has 0 spiro atoms. The molecular formula is C28H42N3O12P. The van der Waals surface area contributed by atoms with Crippen molar-refractivity contribution in [2.75, 3.05) is 33.5 Å². The third-order valence-corrected chi connectivity index (χ3v) is 7.56. The second kappa shape index (κ2) is 18.2. The van der Waals surface area contributed by atoms with Crippen LogP contribution in [0.3, 0.4) is 0 Å². The van der Waals surface area contributed by atoms with Crippen LogP contribution in [0.2, 0.25) is 0 Å². The Morgan fingerprint density at radius 2 is 1.98 bits per heavy atom. The molecule has 0 saturated carbocycles. The first-order valence-electron chi connectivity index (χ1n) is 14.6. The number of ether oxygens (including phenoxy) is 4. The summed E-state index contributed by atoms with van der Waals surface area (Å²) >= 11 is 0. The lowest BCUT2D eigenvalue weighted by Crippen LogP contribution is -2.33. The standard InChI is InChI=1S/C28H42N3O12P/c1-39-22-17-25(43-23(22)19-41-44(36,37)38)31-18-20(27(34)30-28(31)35)9-7-14-29-24(32)13-16-40-15-8-12-26(33)42-21-10-5-3-2-4-6-11-21/h2-3,7,9,18,21-23,25H,4-6,8,10-17,19H2,1H3,(H,29,32)(H,30,34,35)(H2,36,37,38)/b3-2+,9-7+. The van der Waals surface area contributed by atoms with Crippen LogP contribution in [0.25, 0.3) is 6.08 Å².